The maximum Gasteiger partial charge on any atom is 0.272 e. The lowest BCUT2D eigenvalue weighted by molar-refractivity contribution is -0.141. The van der Waals surface area contributed by atoms with Crippen LogP contribution in [0.15, 0.2) is 53.6 Å². The van der Waals surface area contributed by atoms with Gasteiger partial charge in [-0.25, -0.2) is 13.9 Å². The predicted octanol–water partition coefficient (Wildman–Crippen LogP) is 1.69. The van der Waals surface area contributed by atoms with Gasteiger partial charge in [-0.2, -0.15) is 0 Å². The molecule has 0 atom stereocenters. The third-order valence-electron chi connectivity index (χ3n) is 5.61. The van der Waals surface area contributed by atoms with Gasteiger partial charge in [-0.3, -0.25) is 19.8 Å². The minimum atomic E-state index is -3.88. The van der Waals surface area contributed by atoms with Crippen molar-refractivity contribution in [2.75, 3.05) is 25.4 Å². The van der Waals surface area contributed by atoms with Crippen LogP contribution in [0.4, 0.5) is 0 Å². The van der Waals surface area contributed by atoms with Crippen LogP contribution in [-0.4, -0.2) is 60.8 Å². The van der Waals surface area contributed by atoms with Crippen LogP contribution in [-0.2, 0) is 14.6 Å². The molecule has 2 amide bonds. The molecule has 1 aliphatic rings. The lowest BCUT2D eigenvalue weighted by Gasteiger charge is -2.39. The smallest absolute Gasteiger partial charge is 0.272 e. The molecule has 9 nitrogen and oxygen atoms in total. The van der Waals surface area contributed by atoms with E-state index in [1.165, 1.54) is 35.4 Å². The van der Waals surface area contributed by atoms with Crippen molar-refractivity contribution in [1.82, 2.24) is 15.4 Å². The van der Waals surface area contributed by atoms with Crippen molar-refractivity contribution < 1.29 is 28.0 Å². The van der Waals surface area contributed by atoms with Crippen molar-refractivity contribution in [3.63, 3.8) is 0 Å². The minimum Gasteiger partial charge on any atom is -0.481 e. The summed E-state index contributed by atoms with van der Waals surface area (Å²) in [6.07, 6.45) is 1.67. The molecule has 174 valence electrons. The molecule has 0 bridgehead atoms. The normalized spacial score (nSPS) is 15.2. The molecule has 2 N–H and O–H groups in total. The van der Waals surface area contributed by atoms with Crippen LogP contribution in [0.5, 0.6) is 5.75 Å². The highest BCUT2D eigenvalue weighted by Crippen LogP contribution is 2.36. The molecule has 1 saturated heterocycles. The Morgan fingerprint density at radius 3 is 2.45 bits per heavy atom. The maximum atomic E-state index is 13.1. The third-order valence-corrected chi connectivity index (χ3v) is 7.53. The lowest BCUT2D eigenvalue weighted by atomic mass is 9.79. The summed E-state index contributed by atoms with van der Waals surface area (Å²) in [5.74, 6) is 4.35. The number of carbonyl (C=O) groups excluding carboxylic acids is 2. The highest BCUT2D eigenvalue weighted by Gasteiger charge is 2.46. The van der Waals surface area contributed by atoms with Gasteiger partial charge in [-0.05, 0) is 56.2 Å². The molecule has 1 aromatic carbocycles. The predicted molar refractivity (Wildman–Crippen MR) is 119 cm³/mol. The van der Waals surface area contributed by atoms with Gasteiger partial charge in [0.1, 0.15) is 18.1 Å². The summed E-state index contributed by atoms with van der Waals surface area (Å²) in [5.41, 5.74) is 0.511. The second kappa shape index (κ2) is 10.5. The molecular formula is C23H25N3O6S. The number of amides is 2. The number of nitrogens with zero attached hydrogens (tertiary/aromatic N) is 2. The Bertz CT molecular complexity index is 1150. The van der Waals surface area contributed by atoms with E-state index < -0.39 is 26.9 Å². The number of carbonyl (C=O) groups is 2. The van der Waals surface area contributed by atoms with Gasteiger partial charge in [0.25, 0.3) is 11.8 Å². The van der Waals surface area contributed by atoms with E-state index in [0.29, 0.717) is 5.75 Å². The Balaban J connectivity index is 1.74. The molecule has 0 saturated carbocycles. The number of ether oxygens (including phenoxy) is 1. The summed E-state index contributed by atoms with van der Waals surface area (Å²) >= 11 is 0. The Labute approximate surface area is 192 Å². The van der Waals surface area contributed by atoms with Crippen molar-refractivity contribution in [2.24, 2.45) is 5.41 Å². The Kier molecular flexibility index (Phi) is 7.68. The number of pyridine rings is 1. The molecule has 1 aromatic heterocycles. The summed E-state index contributed by atoms with van der Waals surface area (Å²) < 4.78 is 31.6. The number of benzene rings is 1. The van der Waals surface area contributed by atoms with Crippen molar-refractivity contribution in [2.45, 2.75) is 24.7 Å². The van der Waals surface area contributed by atoms with E-state index in [4.69, 9.17) is 4.74 Å². The average Bonchev–Trinajstić information content (AvgIpc) is 2.84. The molecule has 2 aromatic rings. The minimum absolute atomic E-state index is 0.0357. The number of nitrogens with one attached hydrogen (secondary N) is 1. The standard InChI is InChI=1S/C23H25N3O6S/c1-2-3-16-32-18-7-9-19(10-8-18)33(30,31)17-23(22(28)25-29)11-14-26(15-12-23)21(27)20-6-4-5-13-24-20/h4-10,13,29H,11-12,14-17H2,1H3,(H,25,28). The van der Waals surface area contributed by atoms with Gasteiger partial charge >= 0.3 is 0 Å². The Morgan fingerprint density at radius 1 is 1.18 bits per heavy atom. The molecule has 3 rings (SSSR count). The third kappa shape index (κ3) is 5.69. The SMILES string of the molecule is CC#CCOc1ccc(S(=O)(=O)CC2(C(=O)NO)CCN(C(=O)c3ccccn3)CC2)cc1. The summed E-state index contributed by atoms with van der Waals surface area (Å²) in [6, 6.07) is 10.9. The van der Waals surface area contributed by atoms with Crippen LogP contribution >= 0.6 is 0 Å². The number of likely N-dealkylation sites (tertiary alicyclic amines) is 1. The van der Waals surface area contributed by atoms with E-state index >= 15 is 0 Å². The molecule has 2 heterocycles. The zero-order valence-corrected chi connectivity index (χ0v) is 19.0. The fourth-order valence-corrected chi connectivity index (χ4v) is 5.59. The molecule has 0 spiro atoms. The number of rotatable bonds is 7. The first-order chi connectivity index (χ1) is 15.8. The molecule has 1 fully saturated rings. The Morgan fingerprint density at radius 2 is 1.88 bits per heavy atom. The summed E-state index contributed by atoms with van der Waals surface area (Å²) in [4.78, 5) is 30.8. The number of hydrogen-bond acceptors (Lipinski definition) is 7. The zero-order chi connectivity index (χ0) is 23.9. The summed E-state index contributed by atoms with van der Waals surface area (Å²) in [5, 5.41) is 9.30. The number of aromatic nitrogens is 1. The van der Waals surface area contributed by atoms with E-state index in [2.05, 4.69) is 16.8 Å². The van der Waals surface area contributed by atoms with E-state index in [9.17, 15) is 23.2 Å². The molecule has 0 unspecified atom stereocenters. The van der Waals surface area contributed by atoms with Crippen molar-refractivity contribution >= 4 is 21.7 Å². The number of sulfone groups is 1. The highest BCUT2D eigenvalue weighted by atomic mass is 32.2. The van der Waals surface area contributed by atoms with Gasteiger partial charge in [-0.15, -0.1) is 5.92 Å². The van der Waals surface area contributed by atoms with Crippen LogP contribution < -0.4 is 10.2 Å². The molecule has 33 heavy (non-hydrogen) atoms. The van der Waals surface area contributed by atoms with Crippen LogP contribution in [0.25, 0.3) is 0 Å². The molecule has 0 radical (unpaired) electrons. The van der Waals surface area contributed by atoms with Crippen LogP contribution in [0, 0.1) is 17.3 Å². The second-order valence-electron chi connectivity index (χ2n) is 7.67. The van der Waals surface area contributed by atoms with Gasteiger partial charge in [0.2, 0.25) is 0 Å². The van der Waals surface area contributed by atoms with E-state index in [-0.39, 0.29) is 49.0 Å². The first-order valence-electron chi connectivity index (χ1n) is 10.3. The fraction of sp³-hybridized carbons (Fsp3) is 0.348. The highest BCUT2D eigenvalue weighted by molar-refractivity contribution is 7.91. The first kappa shape index (κ1) is 24.2. The van der Waals surface area contributed by atoms with E-state index in [1.54, 1.807) is 30.6 Å². The molecular weight excluding hydrogens is 446 g/mol. The average molecular weight is 472 g/mol. The van der Waals surface area contributed by atoms with Gasteiger partial charge in [0.15, 0.2) is 9.84 Å². The van der Waals surface area contributed by atoms with Crippen LogP contribution in [0.2, 0.25) is 0 Å². The van der Waals surface area contributed by atoms with Gasteiger partial charge in [-0.1, -0.05) is 12.0 Å². The van der Waals surface area contributed by atoms with Gasteiger partial charge in [0.05, 0.1) is 16.1 Å². The second-order valence-corrected chi connectivity index (χ2v) is 9.66. The van der Waals surface area contributed by atoms with Crippen LogP contribution in [0.1, 0.15) is 30.3 Å². The largest absolute Gasteiger partial charge is 0.481 e. The topological polar surface area (TPSA) is 126 Å². The van der Waals surface area contributed by atoms with E-state index in [1.807, 2.05) is 0 Å². The van der Waals surface area contributed by atoms with E-state index in [0.717, 1.165) is 0 Å². The van der Waals surface area contributed by atoms with Gasteiger partial charge in [0, 0.05) is 19.3 Å². The molecule has 10 heteroatoms. The maximum absolute atomic E-state index is 13.1. The van der Waals surface area contributed by atoms with Crippen molar-refractivity contribution in [3.8, 4) is 17.6 Å². The molecule has 1 aliphatic heterocycles. The first-order valence-corrected chi connectivity index (χ1v) is 12.0. The van der Waals surface area contributed by atoms with Crippen molar-refractivity contribution in [3.05, 3.63) is 54.4 Å². The summed E-state index contributed by atoms with van der Waals surface area (Å²) in [6.45, 7) is 2.19. The van der Waals surface area contributed by atoms with Crippen LogP contribution in [0.3, 0.4) is 0 Å². The summed E-state index contributed by atoms with van der Waals surface area (Å²) in [7, 11) is -3.88. The molecule has 0 aliphatic carbocycles. The fourth-order valence-electron chi connectivity index (χ4n) is 3.73. The monoisotopic (exact) mass is 471 g/mol. The van der Waals surface area contributed by atoms with Crippen molar-refractivity contribution in [1.29, 1.82) is 0 Å². The number of piperidine rings is 1. The Hall–Kier alpha value is -3.42. The zero-order valence-electron chi connectivity index (χ0n) is 18.2. The quantitative estimate of drug-likeness (QED) is 0.357. The number of hydrogen-bond donors (Lipinski definition) is 2. The number of hydroxylamine groups is 1. The lowest BCUT2D eigenvalue weighted by Crippen LogP contribution is -2.52. The van der Waals surface area contributed by atoms with Gasteiger partial charge < -0.3 is 9.64 Å².